The molecule has 0 spiro atoms. The number of aromatic nitrogens is 1. The molecule has 0 saturated heterocycles. The summed E-state index contributed by atoms with van der Waals surface area (Å²) in [5, 5.41) is 3.06. The van der Waals surface area contributed by atoms with Crippen LogP contribution in [0.1, 0.15) is 24.1 Å². The molecule has 4 nitrogen and oxygen atoms in total. The number of rotatable bonds is 6. The quantitative estimate of drug-likeness (QED) is 0.748. The lowest BCUT2D eigenvalue weighted by Crippen LogP contribution is -2.35. The van der Waals surface area contributed by atoms with E-state index in [-0.39, 0.29) is 11.3 Å². The summed E-state index contributed by atoms with van der Waals surface area (Å²) >= 11 is 0. The molecular weight excluding hydrogens is 312 g/mol. The Kier molecular flexibility index (Phi) is 4.10. The van der Waals surface area contributed by atoms with Crippen LogP contribution < -0.4 is 5.32 Å². The van der Waals surface area contributed by atoms with Crippen LogP contribution in [-0.2, 0) is 16.6 Å². The van der Waals surface area contributed by atoms with Gasteiger partial charge in [0.1, 0.15) is 6.26 Å². The van der Waals surface area contributed by atoms with Crippen molar-refractivity contribution in [2.24, 2.45) is 0 Å². The van der Waals surface area contributed by atoms with Crippen molar-refractivity contribution in [2.75, 3.05) is 6.54 Å². The summed E-state index contributed by atoms with van der Waals surface area (Å²) in [6.07, 6.45) is 4.17. The van der Waals surface area contributed by atoms with Crippen LogP contribution in [0.3, 0.4) is 0 Å². The van der Waals surface area contributed by atoms with Crippen molar-refractivity contribution in [1.29, 1.82) is 0 Å². The summed E-state index contributed by atoms with van der Waals surface area (Å²) in [6.45, 7) is 0.564. The molecule has 0 aliphatic heterocycles. The van der Waals surface area contributed by atoms with E-state index in [9.17, 15) is 4.79 Å². The Morgan fingerprint density at radius 1 is 1.04 bits per heavy atom. The van der Waals surface area contributed by atoms with Crippen LogP contribution in [0.5, 0.6) is 0 Å². The molecule has 126 valence electrons. The zero-order chi connectivity index (χ0) is 17.1. The Morgan fingerprint density at radius 2 is 1.72 bits per heavy atom. The van der Waals surface area contributed by atoms with Crippen molar-refractivity contribution in [3.05, 3.63) is 78.2 Å². The van der Waals surface area contributed by atoms with E-state index in [2.05, 4.69) is 10.3 Å². The smallest absolute Gasteiger partial charge is 0.230 e. The predicted molar refractivity (Wildman–Crippen MR) is 96.0 cm³/mol. The number of carbonyl (C=O) groups excluding carboxylic acids is 1. The Hall–Kier alpha value is -2.88. The summed E-state index contributed by atoms with van der Waals surface area (Å²) in [5.41, 5.74) is 2.60. The summed E-state index contributed by atoms with van der Waals surface area (Å²) in [5.74, 6) is 0.732. The number of hydrogen-bond donors (Lipinski definition) is 1. The maximum Gasteiger partial charge on any atom is 0.230 e. The standard InChI is InChI=1S/C21H20N2O2/c24-20(21(12-13-21)17-9-5-2-6-10-17)22-14-11-18-15-25-19(23-18)16-7-3-1-4-8-16/h1-10,15H,11-14H2,(H,22,24). The molecular formula is C21H20N2O2. The van der Waals surface area contributed by atoms with Crippen molar-refractivity contribution in [3.63, 3.8) is 0 Å². The zero-order valence-corrected chi connectivity index (χ0v) is 13.9. The second kappa shape index (κ2) is 6.55. The highest BCUT2D eigenvalue weighted by Gasteiger charge is 2.50. The van der Waals surface area contributed by atoms with Gasteiger partial charge in [-0.1, -0.05) is 48.5 Å². The molecule has 4 heteroatoms. The van der Waals surface area contributed by atoms with Crippen molar-refractivity contribution in [3.8, 4) is 11.5 Å². The topological polar surface area (TPSA) is 55.1 Å². The lowest BCUT2D eigenvalue weighted by Gasteiger charge is -2.15. The Bertz CT molecular complexity index is 852. The molecule has 1 aliphatic carbocycles. The number of carbonyl (C=O) groups is 1. The summed E-state index contributed by atoms with van der Waals surface area (Å²) < 4.78 is 5.53. The molecule has 1 aromatic heterocycles. The van der Waals surface area contributed by atoms with Crippen LogP contribution in [0.15, 0.2) is 71.3 Å². The SMILES string of the molecule is O=C(NCCc1coc(-c2ccccc2)n1)C1(c2ccccc2)CC1. The van der Waals surface area contributed by atoms with Gasteiger partial charge in [0, 0.05) is 18.5 Å². The van der Waals surface area contributed by atoms with Gasteiger partial charge in [-0.2, -0.15) is 0 Å². The van der Waals surface area contributed by atoms with E-state index in [1.165, 1.54) is 0 Å². The summed E-state index contributed by atoms with van der Waals surface area (Å²) in [6, 6.07) is 19.8. The van der Waals surface area contributed by atoms with E-state index >= 15 is 0 Å². The minimum atomic E-state index is -0.319. The van der Waals surface area contributed by atoms with E-state index < -0.39 is 0 Å². The molecule has 1 heterocycles. The Labute approximate surface area is 146 Å². The fourth-order valence-corrected chi connectivity index (χ4v) is 3.14. The van der Waals surface area contributed by atoms with Gasteiger partial charge in [0.2, 0.25) is 11.8 Å². The normalized spacial score (nSPS) is 14.9. The first kappa shape index (κ1) is 15.6. The average molecular weight is 332 g/mol. The number of nitrogens with zero attached hydrogens (tertiary/aromatic N) is 1. The zero-order valence-electron chi connectivity index (χ0n) is 13.9. The third-order valence-corrected chi connectivity index (χ3v) is 4.75. The van der Waals surface area contributed by atoms with Crippen LogP contribution in [0.4, 0.5) is 0 Å². The van der Waals surface area contributed by atoms with Crippen molar-refractivity contribution < 1.29 is 9.21 Å². The number of nitrogens with one attached hydrogen (secondary N) is 1. The molecule has 0 radical (unpaired) electrons. The van der Waals surface area contributed by atoms with E-state index in [0.29, 0.717) is 18.9 Å². The number of amides is 1. The fraction of sp³-hybridized carbons (Fsp3) is 0.238. The lowest BCUT2D eigenvalue weighted by molar-refractivity contribution is -0.123. The average Bonchev–Trinajstić information content (AvgIpc) is 3.36. The molecule has 1 N–H and O–H groups in total. The minimum absolute atomic E-state index is 0.116. The summed E-state index contributed by atoms with van der Waals surface area (Å²) in [7, 11) is 0. The second-order valence-electron chi connectivity index (χ2n) is 6.46. The molecule has 1 saturated carbocycles. The molecule has 1 amide bonds. The fourth-order valence-electron chi connectivity index (χ4n) is 3.14. The van der Waals surface area contributed by atoms with Gasteiger partial charge in [-0.25, -0.2) is 4.98 Å². The largest absolute Gasteiger partial charge is 0.444 e. The molecule has 4 rings (SSSR count). The van der Waals surface area contributed by atoms with Crippen molar-refractivity contribution in [2.45, 2.75) is 24.7 Å². The van der Waals surface area contributed by atoms with Gasteiger partial charge < -0.3 is 9.73 Å². The van der Waals surface area contributed by atoms with E-state index in [0.717, 1.165) is 29.7 Å². The Morgan fingerprint density at radius 3 is 2.40 bits per heavy atom. The molecule has 0 unspecified atom stereocenters. The molecule has 0 atom stereocenters. The Balaban J connectivity index is 1.34. The highest BCUT2D eigenvalue weighted by atomic mass is 16.3. The number of hydrogen-bond acceptors (Lipinski definition) is 3. The van der Waals surface area contributed by atoms with Crippen LogP contribution in [0.2, 0.25) is 0 Å². The first-order chi connectivity index (χ1) is 12.3. The van der Waals surface area contributed by atoms with E-state index in [1.807, 2.05) is 60.7 Å². The third kappa shape index (κ3) is 3.20. The second-order valence-corrected chi connectivity index (χ2v) is 6.46. The predicted octanol–water partition coefficient (Wildman–Crippen LogP) is 3.73. The number of benzene rings is 2. The molecule has 1 fully saturated rings. The van der Waals surface area contributed by atoms with E-state index in [1.54, 1.807) is 6.26 Å². The molecule has 1 aliphatic rings. The van der Waals surface area contributed by atoms with Gasteiger partial charge in [0.05, 0.1) is 11.1 Å². The van der Waals surface area contributed by atoms with Gasteiger partial charge in [0.25, 0.3) is 0 Å². The van der Waals surface area contributed by atoms with Gasteiger partial charge >= 0.3 is 0 Å². The maximum absolute atomic E-state index is 12.6. The van der Waals surface area contributed by atoms with Crippen LogP contribution in [-0.4, -0.2) is 17.4 Å². The van der Waals surface area contributed by atoms with Crippen LogP contribution in [0.25, 0.3) is 11.5 Å². The van der Waals surface area contributed by atoms with Crippen molar-refractivity contribution >= 4 is 5.91 Å². The van der Waals surface area contributed by atoms with Gasteiger partial charge in [-0.3, -0.25) is 4.79 Å². The first-order valence-electron chi connectivity index (χ1n) is 8.62. The molecule has 25 heavy (non-hydrogen) atoms. The lowest BCUT2D eigenvalue weighted by atomic mass is 9.95. The first-order valence-corrected chi connectivity index (χ1v) is 8.62. The van der Waals surface area contributed by atoms with E-state index in [4.69, 9.17) is 4.42 Å². The monoisotopic (exact) mass is 332 g/mol. The molecule has 2 aromatic carbocycles. The summed E-state index contributed by atoms with van der Waals surface area (Å²) in [4.78, 5) is 17.1. The van der Waals surface area contributed by atoms with Gasteiger partial charge in [-0.15, -0.1) is 0 Å². The van der Waals surface area contributed by atoms with Gasteiger partial charge in [0.15, 0.2) is 0 Å². The van der Waals surface area contributed by atoms with Gasteiger partial charge in [-0.05, 0) is 30.5 Å². The maximum atomic E-state index is 12.6. The molecule has 0 bridgehead atoms. The van der Waals surface area contributed by atoms with Crippen LogP contribution >= 0.6 is 0 Å². The number of oxazole rings is 1. The third-order valence-electron chi connectivity index (χ3n) is 4.75. The highest BCUT2D eigenvalue weighted by Crippen LogP contribution is 2.48. The van der Waals surface area contributed by atoms with Crippen molar-refractivity contribution in [1.82, 2.24) is 10.3 Å². The molecule has 3 aromatic rings. The highest BCUT2D eigenvalue weighted by molar-refractivity contribution is 5.91. The minimum Gasteiger partial charge on any atom is -0.444 e. The van der Waals surface area contributed by atoms with Crippen LogP contribution in [0, 0.1) is 0 Å².